The molecule has 0 aliphatic rings. The summed E-state index contributed by atoms with van der Waals surface area (Å²) in [5, 5.41) is 8.20. The second-order valence-corrected chi connectivity index (χ2v) is 3.88. The molecule has 1 atom stereocenters. The van der Waals surface area contributed by atoms with Crippen molar-refractivity contribution in [2.24, 2.45) is 0 Å². The molecule has 0 aliphatic heterocycles. The molecule has 0 aliphatic carbocycles. The summed E-state index contributed by atoms with van der Waals surface area (Å²) in [7, 11) is -5.57. The first-order valence-electron chi connectivity index (χ1n) is 2.95. The molecule has 0 aromatic rings. The Kier molecular flexibility index (Phi) is 3.46. The van der Waals surface area contributed by atoms with Crippen LogP contribution in [-0.4, -0.2) is 35.6 Å². The van der Waals surface area contributed by atoms with Crippen LogP contribution in [0, 0.1) is 0 Å². The van der Waals surface area contributed by atoms with Gasteiger partial charge in [0.25, 0.3) is 0 Å². The first kappa shape index (κ1) is 13.5. The van der Waals surface area contributed by atoms with Crippen molar-refractivity contribution in [2.45, 2.75) is 24.0 Å². The average Bonchev–Trinajstić information content (AvgIpc) is 1.80. The second kappa shape index (κ2) is 3.59. The third-order valence-corrected chi connectivity index (χ3v) is 2.01. The van der Waals surface area contributed by atoms with Crippen LogP contribution in [0.15, 0.2) is 0 Å². The largest absolute Gasteiger partial charge is 0.746 e. The maximum Gasteiger partial charge on any atom is 0.453 e. The average molecular weight is 243 g/mol. The van der Waals surface area contributed by atoms with Gasteiger partial charge in [-0.05, 0) is 0 Å². The topological polar surface area (TPSA) is 77.4 Å². The molecule has 0 amide bonds. The molecule has 0 aromatic heterocycles. The van der Waals surface area contributed by atoms with Crippen molar-refractivity contribution in [3.8, 4) is 0 Å². The zero-order chi connectivity index (χ0) is 11.8. The Labute approximate surface area is 75.1 Å². The minimum Gasteiger partial charge on any atom is -0.746 e. The number of hydrogen-bond acceptors (Lipinski definition) is 4. The van der Waals surface area contributed by atoms with Crippen LogP contribution in [0.4, 0.5) is 22.0 Å². The summed E-state index contributed by atoms with van der Waals surface area (Å²) >= 11 is 0. The Balaban J connectivity index is 4.70. The van der Waals surface area contributed by atoms with Crippen molar-refractivity contribution < 1.29 is 40.0 Å². The SMILES string of the molecule is O=S(=O)([O-])C(O)CC(F)(F)C(F)(F)F. The Bertz CT molecular complexity index is 293. The molecule has 10 heteroatoms. The minimum atomic E-state index is -6.00. The van der Waals surface area contributed by atoms with Gasteiger partial charge in [-0.2, -0.15) is 22.0 Å². The molecule has 0 saturated carbocycles. The van der Waals surface area contributed by atoms with Crippen LogP contribution in [-0.2, 0) is 10.1 Å². The Hall–Kier alpha value is -0.480. The molecule has 0 saturated heterocycles. The predicted molar refractivity (Wildman–Crippen MR) is 31.3 cm³/mol. The molecular formula is C4H4F5O4S-. The van der Waals surface area contributed by atoms with E-state index in [1.807, 2.05) is 0 Å². The fraction of sp³-hybridized carbons (Fsp3) is 1.00. The van der Waals surface area contributed by atoms with Crippen LogP contribution >= 0.6 is 0 Å². The van der Waals surface area contributed by atoms with Gasteiger partial charge in [-0.3, -0.25) is 0 Å². The number of alkyl halides is 5. The van der Waals surface area contributed by atoms with E-state index in [0.29, 0.717) is 0 Å². The van der Waals surface area contributed by atoms with E-state index in [-0.39, 0.29) is 0 Å². The highest BCUT2D eigenvalue weighted by atomic mass is 32.2. The van der Waals surface area contributed by atoms with Crippen LogP contribution < -0.4 is 0 Å². The predicted octanol–water partition coefficient (Wildman–Crippen LogP) is 0.438. The van der Waals surface area contributed by atoms with Crippen LogP contribution in [0.2, 0.25) is 0 Å². The van der Waals surface area contributed by atoms with Crippen molar-refractivity contribution in [3.05, 3.63) is 0 Å². The third-order valence-electron chi connectivity index (χ3n) is 1.18. The van der Waals surface area contributed by atoms with Gasteiger partial charge in [-0.1, -0.05) is 0 Å². The van der Waals surface area contributed by atoms with E-state index < -0.39 is 34.1 Å². The second-order valence-electron chi connectivity index (χ2n) is 2.35. The van der Waals surface area contributed by atoms with E-state index in [1.165, 1.54) is 0 Å². The van der Waals surface area contributed by atoms with Gasteiger partial charge in [0.05, 0.1) is 6.42 Å². The molecule has 0 radical (unpaired) electrons. The highest BCUT2D eigenvalue weighted by Gasteiger charge is 2.58. The molecule has 0 aromatic carbocycles. The number of hydrogen-bond donors (Lipinski definition) is 1. The molecular weight excluding hydrogens is 239 g/mol. The highest BCUT2D eigenvalue weighted by molar-refractivity contribution is 7.86. The lowest BCUT2D eigenvalue weighted by atomic mass is 10.2. The summed E-state index contributed by atoms with van der Waals surface area (Å²) in [5.74, 6) is -5.41. The maximum absolute atomic E-state index is 12.0. The van der Waals surface area contributed by atoms with E-state index >= 15 is 0 Å². The van der Waals surface area contributed by atoms with Crippen LogP contribution in [0.25, 0.3) is 0 Å². The molecule has 1 unspecified atom stereocenters. The smallest absolute Gasteiger partial charge is 0.453 e. The van der Waals surface area contributed by atoms with Gasteiger partial charge in [0.15, 0.2) is 0 Å². The Morgan fingerprint density at radius 3 is 1.79 bits per heavy atom. The fourth-order valence-corrected chi connectivity index (χ4v) is 0.851. The minimum absolute atomic E-state index is 2.50. The Morgan fingerprint density at radius 2 is 1.57 bits per heavy atom. The van der Waals surface area contributed by atoms with Gasteiger partial charge in [0.2, 0.25) is 0 Å². The molecule has 0 heterocycles. The summed E-state index contributed by atoms with van der Waals surface area (Å²) in [6.45, 7) is 0. The molecule has 0 rings (SSSR count). The monoisotopic (exact) mass is 243 g/mol. The van der Waals surface area contributed by atoms with E-state index in [4.69, 9.17) is 5.11 Å². The number of aliphatic hydroxyl groups is 1. The number of rotatable bonds is 3. The lowest BCUT2D eigenvalue weighted by molar-refractivity contribution is -0.287. The van der Waals surface area contributed by atoms with E-state index in [9.17, 15) is 34.9 Å². The van der Waals surface area contributed by atoms with Crippen LogP contribution in [0.1, 0.15) is 6.42 Å². The lowest BCUT2D eigenvalue weighted by Crippen LogP contribution is -2.41. The van der Waals surface area contributed by atoms with Gasteiger partial charge in [-0.15, -0.1) is 0 Å². The van der Waals surface area contributed by atoms with Crippen molar-refractivity contribution in [1.82, 2.24) is 0 Å². The molecule has 4 nitrogen and oxygen atoms in total. The summed E-state index contributed by atoms with van der Waals surface area (Å²) in [4.78, 5) is 0. The fourth-order valence-electron chi connectivity index (χ4n) is 0.437. The zero-order valence-electron chi connectivity index (χ0n) is 6.25. The molecule has 1 N–H and O–H groups in total. The highest BCUT2D eigenvalue weighted by Crippen LogP contribution is 2.39. The summed E-state index contributed by atoms with van der Waals surface area (Å²) < 4.78 is 87.8. The van der Waals surface area contributed by atoms with Crippen molar-refractivity contribution in [2.75, 3.05) is 0 Å². The third kappa shape index (κ3) is 3.35. The quantitative estimate of drug-likeness (QED) is 0.576. The standard InChI is InChI=1S/C4H5F5O4S/c5-3(6,4(7,8)9)1-2(10)14(11,12)13/h2,10H,1H2,(H,11,12,13)/p-1. The normalized spacial score (nSPS) is 16.8. The first-order valence-corrected chi connectivity index (χ1v) is 4.42. The van der Waals surface area contributed by atoms with Crippen LogP contribution in [0.3, 0.4) is 0 Å². The van der Waals surface area contributed by atoms with Gasteiger partial charge >= 0.3 is 12.1 Å². The van der Waals surface area contributed by atoms with Gasteiger partial charge in [0, 0.05) is 0 Å². The molecule has 86 valence electrons. The van der Waals surface area contributed by atoms with Gasteiger partial charge < -0.3 is 9.66 Å². The first-order chi connectivity index (χ1) is 5.88. The summed E-state index contributed by atoms with van der Waals surface area (Å²) in [6.07, 6.45) is -8.50. The van der Waals surface area contributed by atoms with E-state index in [0.717, 1.165) is 0 Å². The molecule has 0 fully saturated rings. The Morgan fingerprint density at radius 1 is 1.21 bits per heavy atom. The van der Waals surface area contributed by atoms with Gasteiger partial charge in [0.1, 0.15) is 15.6 Å². The van der Waals surface area contributed by atoms with Crippen molar-refractivity contribution in [1.29, 1.82) is 0 Å². The zero-order valence-corrected chi connectivity index (χ0v) is 7.07. The van der Waals surface area contributed by atoms with Crippen LogP contribution in [0.5, 0.6) is 0 Å². The van der Waals surface area contributed by atoms with E-state index in [2.05, 4.69) is 0 Å². The molecule has 0 spiro atoms. The molecule has 0 bridgehead atoms. The molecule has 14 heavy (non-hydrogen) atoms. The summed E-state index contributed by atoms with van der Waals surface area (Å²) in [5.41, 5.74) is -3.28. The van der Waals surface area contributed by atoms with Gasteiger partial charge in [-0.25, -0.2) is 8.42 Å². The number of halogens is 5. The maximum atomic E-state index is 12.0. The van der Waals surface area contributed by atoms with Crippen molar-refractivity contribution >= 4 is 10.1 Å². The lowest BCUT2D eigenvalue weighted by Gasteiger charge is -2.23. The summed E-state index contributed by atoms with van der Waals surface area (Å²) in [6, 6.07) is 0. The van der Waals surface area contributed by atoms with E-state index in [1.54, 1.807) is 0 Å². The number of aliphatic hydroxyl groups excluding tert-OH is 1. The van der Waals surface area contributed by atoms with Crippen molar-refractivity contribution in [3.63, 3.8) is 0 Å².